The number of hydrogen-bond donors (Lipinski definition) is 0. The first-order valence-electron chi connectivity index (χ1n) is 9.28. The van der Waals surface area contributed by atoms with Gasteiger partial charge in [0.1, 0.15) is 6.61 Å². The van der Waals surface area contributed by atoms with Crippen LogP contribution in [0.4, 0.5) is 0 Å². The van der Waals surface area contributed by atoms with Crippen LogP contribution in [0.15, 0.2) is 47.5 Å². The van der Waals surface area contributed by atoms with E-state index in [1.165, 1.54) is 5.56 Å². The van der Waals surface area contributed by atoms with E-state index in [-0.39, 0.29) is 12.5 Å². The molecule has 1 atom stereocenters. The van der Waals surface area contributed by atoms with Gasteiger partial charge in [0.15, 0.2) is 16.3 Å². The molecule has 1 aliphatic heterocycles. The van der Waals surface area contributed by atoms with Crippen LogP contribution in [-0.4, -0.2) is 35.2 Å². The molecule has 3 aromatic rings. The number of benzene rings is 2. The molecule has 0 radical (unpaired) electrons. The Labute approximate surface area is 172 Å². The zero-order valence-corrected chi connectivity index (χ0v) is 17.5. The number of hydrogen-bond acceptors (Lipinski definition) is 5. The van der Waals surface area contributed by atoms with E-state index in [2.05, 4.69) is 40.9 Å². The molecule has 0 saturated carbocycles. The molecule has 1 amide bonds. The van der Waals surface area contributed by atoms with Crippen molar-refractivity contribution in [2.45, 2.75) is 26.0 Å². The Bertz CT molecular complexity index is 1070. The summed E-state index contributed by atoms with van der Waals surface area (Å²) in [4.78, 5) is 18.0. The molecule has 7 heteroatoms. The lowest BCUT2D eigenvalue weighted by Crippen LogP contribution is -2.36. The second-order valence-electron chi connectivity index (χ2n) is 6.50. The van der Waals surface area contributed by atoms with E-state index in [9.17, 15) is 4.79 Å². The van der Waals surface area contributed by atoms with Gasteiger partial charge in [0.2, 0.25) is 6.10 Å². The van der Waals surface area contributed by atoms with Crippen LogP contribution in [0, 0.1) is 0 Å². The number of amides is 1. The van der Waals surface area contributed by atoms with Crippen LogP contribution in [-0.2, 0) is 17.8 Å². The molecule has 2 heterocycles. The fourth-order valence-corrected chi connectivity index (χ4v) is 4.62. The van der Waals surface area contributed by atoms with E-state index >= 15 is 0 Å². The Kier molecular flexibility index (Phi) is 5.73. The highest BCUT2D eigenvalue weighted by atomic mass is 32.2. The van der Waals surface area contributed by atoms with Gasteiger partial charge >= 0.3 is 0 Å². The van der Waals surface area contributed by atoms with E-state index in [4.69, 9.17) is 9.47 Å². The van der Waals surface area contributed by atoms with Crippen LogP contribution in [0.1, 0.15) is 12.5 Å². The smallest absolute Gasteiger partial charge is 0.292 e. The summed E-state index contributed by atoms with van der Waals surface area (Å²) in [5.74, 6) is 1.89. The summed E-state index contributed by atoms with van der Waals surface area (Å²) >= 11 is 3.33. The number of para-hydroxylation sites is 2. The summed E-state index contributed by atoms with van der Waals surface area (Å²) < 4.78 is 14.8. The van der Waals surface area contributed by atoms with Crippen molar-refractivity contribution in [3.8, 4) is 11.5 Å². The van der Waals surface area contributed by atoms with E-state index in [1.807, 2.05) is 18.2 Å². The van der Waals surface area contributed by atoms with Gasteiger partial charge in [-0.15, -0.1) is 0 Å². The minimum atomic E-state index is -0.722. The minimum absolute atomic E-state index is 0.176. The number of carbonyl (C=O) groups is 1. The van der Waals surface area contributed by atoms with Gasteiger partial charge in [-0.25, -0.2) is 0 Å². The van der Waals surface area contributed by atoms with Crippen molar-refractivity contribution in [1.82, 2.24) is 4.57 Å². The number of nitrogens with zero attached hydrogens (tertiary/aromatic N) is 2. The van der Waals surface area contributed by atoms with Gasteiger partial charge in [0, 0.05) is 12.3 Å². The Morgan fingerprint density at radius 3 is 2.89 bits per heavy atom. The summed E-state index contributed by atoms with van der Waals surface area (Å²) in [7, 11) is 0. The summed E-state index contributed by atoms with van der Waals surface area (Å²) in [6.07, 6.45) is 2.34. The van der Waals surface area contributed by atoms with Crippen LogP contribution in [0.3, 0.4) is 0 Å². The third kappa shape index (κ3) is 3.82. The maximum absolute atomic E-state index is 12.8. The summed E-state index contributed by atoms with van der Waals surface area (Å²) in [5.41, 5.74) is 2.40. The Hall–Kier alpha value is -2.25. The van der Waals surface area contributed by atoms with Gasteiger partial charge in [-0.2, -0.15) is 16.8 Å². The van der Waals surface area contributed by atoms with Gasteiger partial charge in [-0.1, -0.05) is 36.5 Å². The van der Waals surface area contributed by atoms with Gasteiger partial charge < -0.3 is 14.0 Å². The van der Waals surface area contributed by atoms with Crippen molar-refractivity contribution in [3.63, 3.8) is 0 Å². The quantitative estimate of drug-likeness (QED) is 0.636. The molecule has 5 nitrogen and oxygen atoms in total. The summed E-state index contributed by atoms with van der Waals surface area (Å²) in [6, 6.07) is 13.8. The minimum Gasteiger partial charge on any atom is -0.485 e. The van der Waals surface area contributed by atoms with Crippen molar-refractivity contribution in [3.05, 3.63) is 52.8 Å². The maximum Gasteiger partial charge on any atom is 0.292 e. The van der Waals surface area contributed by atoms with Crippen molar-refractivity contribution < 1.29 is 14.3 Å². The van der Waals surface area contributed by atoms with E-state index in [1.54, 1.807) is 29.2 Å². The largest absolute Gasteiger partial charge is 0.485 e. The average Bonchev–Trinajstić information content (AvgIpc) is 3.07. The molecule has 4 rings (SSSR count). The first-order valence-corrected chi connectivity index (χ1v) is 11.5. The van der Waals surface area contributed by atoms with Gasteiger partial charge in [0.05, 0.1) is 10.2 Å². The van der Waals surface area contributed by atoms with Crippen LogP contribution in [0.5, 0.6) is 11.5 Å². The number of carbonyl (C=O) groups excluding carboxylic acids is 1. The van der Waals surface area contributed by atoms with Crippen molar-refractivity contribution in [2.75, 3.05) is 18.6 Å². The zero-order valence-electron chi connectivity index (χ0n) is 15.9. The summed E-state index contributed by atoms with van der Waals surface area (Å²) in [5, 5.41) is 0. The highest BCUT2D eigenvalue weighted by Crippen LogP contribution is 2.31. The van der Waals surface area contributed by atoms with E-state index in [0.717, 1.165) is 28.9 Å². The number of thioether (sulfide) groups is 1. The molecule has 1 unspecified atom stereocenters. The molecule has 146 valence electrons. The molecular weight excluding hydrogens is 392 g/mol. The number of thiazole rings is 1. The predicted octanol–water partition coefficient (Wildman–Crippen LogP) is 3.90. The third-order valence-electron chi connectivity index (χ3n) is 4.66. The standard InChI is InChI=1S/C21H22N2O3S2/c1-3-14-8-9-15-19(12-14)28-21(23(15)10-11-27-2)22-20(24)18-13-25-16-6-4-5-7-17(16)26-18/h4-9,12,18H,3,10-11,13H2,1-2H3. The van der Waals surface area contributed by atoms with E-state index in [0.29, 0.717) is 16.3 Å². The normalized spacial score (nSPS) is 16.5. The second kappa shape index (κ2) is 8.41. The number of aryl methyl sites for hydroxylation is 2. The van der Waals surface area contributed by atoms with Crippen molar-refractivity contribution >= 4 is 39.2 Å². The number of rotatable bonds is 5. The van der Waals surface area contributed by atoms with Crippen molar-refractivity contribution in [1.29, 1.82) is 0 Å². The van der Waals surface area contributed by atoms with Gasteiger partial charge in [-0.3, -0.25) is 4.79 Å². The van der Waals surface area contributed by atoms with Crippen molar-refractivity contribution in [2.24, 2.45) is 4.99 Å². The van der Waals surface area contributed by atoms with E-state index < -0.39 is 6.10 Å². The van der Waals surface area contributed by atoms with Gasteiger partial charge in [0.25, 0.3) is 5.91 Å². The molecule has 28 heavy (non-hydrogen) atoms. The fraction of sp³-hybridized carbons (Fsp3) is 0.333. The van der Waals surface area contributed by atoms with Crippen LogP contribution in [0.2, 0.25) is 0 Å². The fourth-order valence-electron chi connectivity index (χ4n) is 3.13. The number of aromatic nitrogens is 1. The predicted molar refractivity (Wildman–Crippen MR) is 114 cm³/mol. The van der Waals surface area contributed by atoms with Gasteiger partial charge in [-0.05, 0) is 42.5 Å². The lowest BCUT2D eigenvalue weighted by Gasteiger charge is -2.23. The molecule has 0 spiro atoms. The Morgan fingerprint density at radius 2 is 2.11 bits per heavy atom. The van der Waals surface area contributed by atoms with Crippen LogP contribution < -0.4 is 14.3 Å². The second-order valence-corrected chi connectivity index (χ2v) is 8.49. The first kappa shape index (κ1) is 19.1. The molecule has 0 fully saturated rings. The number of ether oxygens (including phenoxy) is 2. The topological polar surface area (TPSA) is 52.8 Å². The zero-order chi connectivity index (χ0) is 19.5. The first-order chi connectivity index (χ1) is 13.7. The maximum atomic E-state index is 12.8. The molecular formula is C21H22N2O3S2. The molecule has 2 aromatic carbocycles. The molecule has 1 aromatic heterocycles. The average molecular weight is 415 g/mol. The Balaban J connectivity index is 1.68. The third-order valence-corrected chi connectivity index (χ3v) is 6.30. The highest BCUT2D eigenvalue weighted by molar-refractivity contribution is 7.98. The van der Waals surface area contributed by atoms with Crippen LogP contribution >= 0.6 is 23.1 Å². The Morgan fingerprint density at radius 1 is 1.29 bits per heavy atom. The molecule has 0 bridgehead atoms. The lowest BCUT2D eigenvalue weighted by molar-refractivity contribution is -0.127. The monoisotopic (exact) mass is 414 g/mol. The molecule has 0 saturated heterocycles. The molecule has 0 aliphatic carbocycles. The molecule has 0 N–H and O–H groups in total. The van der Waals surface area contributed by atoms with Crippen LogP contribution in [0.25, 0.3) is 10.2 Å². The SMILES string of the molecule is CCc1ccc2c(c1)sc(=NC(=O)C1COc3ccccc3O1)n2CCSC. The highest BCUT2D eigenvalue weighted by Gasteiger charge is 2.27. The lowest BCUT2D eigenvalue weighted by atomic mass is 10.2. The number of fused-ring (bicyclic) bond motifs is 2. The summed E-state index contributed by atoms with van der Waals surface area (Å²) in [6.45, 7) is 3.13. The molecule has 1 aliphatic rings.